The molecule has 2 aromatic rings. The fraction of sp³-hybridized carbons (Fsp3) is 0.364. The third-order valence-corrected chi connectivity index (χ3v) is 5.27. The van der Waals surface area contributed by atoms with Gasteiger partial charge in [0.05, 0.1) is 12.1 Å². The summed E-state index contributed by atoms with van der Waals surface area (Å²) in [5.74, 6) is -0.908. The van der Waals surface area contributed by atoms with Gasteiger partial charge in [-0.2, -0.15) is 0 Å². The van der Waals surface area contributed by atoms with Crippen LogP contribution in [0.5, 0.6) is 5.75 Å². The maximum atomic E-state index is 12.0. The average molecular weight is 416 g/mol. The number of piperidine rings is 1. The topological polar surface area (TPSA) is 70.7 Å². The fourth-order valence-corrected chi connectivity index (χ4v) is 3.62. The lowest BCUT2D eigenvalue weighted by molar-refractivity contribution is -0.136. The van der Waals surface area contributed by atoms with Gasteiger partial charge in [0.15, 0.2) is 0 Å². The number of rotatable bonds is 6. The number of carbonyl (C=O) groups is 2. The second kappa shape index (κ2) is 10.2. The Labute approximate surface area is 176 Å². The van der Waals surface area contributed by atoms with E-state index in [1.54, 1.807) is 12.1 Å². The number of anilines is 2. The van der Waals surface area contributed by atoms with Gasteiger partial charge in [-0.25, -0.2) is 0 Å². The second-order valence-corrected chi connectivity index (χ2v) is 7.43. The average Bonchev–Trinajstić information content (AvgIpc) is 2.75. The molecular formula is C22H26ClN3O3. The minimum Gasteiger partial charge on any atom is -0.495 e. The highest BCUT2D eigenvalue weighted by molar-refractivity contribution is 6.40. The molecule has 2 aromatic carbocycles. The lowest BCUT2D eigenvalue weighted by atomic mass is 10.1. The van der Waals surface area contributed by atoms with E-state index in [1.807, 2.05) is 0 Å². The van der Waals surface area contributed by atoms with Crippen molar-refractivity contribution in [3.8, 4) is 5.75 Å². The molecule has 154 valence electrons. The highest BCUT2D eigenvalue weighted by Crippen LogP contribution is 2.27. The van der Waals surface area contributed by atoms with Gasteiger partial charge in [-0.15, -0.1) is 0 Å². The number of hydrogen-bond donors (Lipinski definition) is 2. The lowest BCUT2D eigenvalue weighted by Crippen LogP contribution is -2.36. The molecule has 1 aliphatic rings. The molecule has 0 bridgehead atoms. The molecule has 0 atom stereocenters. The Morgan fingerprint density at radius 3 is 2.41 bits per heavy atom. The van der Waals surface area contributed by atoms with Gasteiger partial charge in [-0.1, -0.05) is 23.7 Å². The molecule has 6 nitrogen and oxygen atoms in total. The summed E-state index contributed by atoms with van der Waals surface area (Å²) >= 11 is 6.02. The third-order valence-electron chi connectivity index (χ3n) is 4.97. The normalized spacial score (nSPS) is 13.7. The Hall–Kier alpha value is -2.73. The number of nitrogens with zero attached hydrogens (tertiary/aromatic N) is 1. The Balaban J connectivity index is 1.44. The van der Waals surface area contributed by atoms with Crippen molar-refractivity contribution >= 4 is 34.8 Å². The highest BCUT2D eigenvalue weighted by Gasteiger charge is 2.14. The van der Waals surface area contributed by atoms with Crippen LogP contribution in [0.3, 0.4) is 0 Å². The molecule has 7 heteroatoms. The van der Waals surface area contributed by atoms with E-state index in [0.717, 1.165) is 18.7 Å². The number of ether oxygens (including phenoxy) is 1. The van der Waals surface area contributed by atoms with E-state index in [4.69, 9.17) is 16.3 Å². The van der Waals surface area contributed by atoms with E-state index in [1.165, 1.54) is 38.1 Å². The standard InChI is InChI=1S/C22H26ClN3O3/c1-29-20-10-7-17(15-19(20)23)25-22(28)21(27)24-12-11-16-5-8-18(9-6-16)26-13-3-2-4-14-26/h5-10,15H,2-4,11-14H2,1H3,(H,24,27)(H,25,28). The van der Waals surface area contributed by atoms with Crippen LogP contribution in [0.25, 0.3) is 0 Å². The van der Waals surface area contributed by atoms with Crippen molar-refractivity contribution in [1.29, 1.82) is 0 Å². The number of carbonyl (C=O) groups excluding carboxylic acids is 2. The molecule has 0 aliphatic carbocycles. The van der Waals surface area contributed by atoms with Gasteiger partial charge in [-0.3, -0.25) is 9.59 Å². The molecule has 29 heavy (non-hydrogen) atoms. The van der Waals surface area contributed by atoms with Crippen LogP contribution in [-0.2, 0) is 16.0 Å². The van der Waals surface area contributed by atoms with E-state index in [9.17, 15) is 9.59 Å². The van der Waals surface area contributed by atoms with Gasteiger partial charge in [-0.05, 0) is 61.6 Å². The molecule has 1 saturated heterocycles. The van der Waals surface area contributed by atoms with Gasteiger partial charge in [0, 0.05) is 31.0 Å². The van der Waals surface area contributed by atoms with Crippen LogP contribution in [0.2, 0.25) is 5.02 Å². The van der Waals surface area contributed by atoms with E-state index in [0.29, 0.717) is 29.4 Å². The van der Waals surface area contributed by atoms with Crippen molar-refractivity contribution in [3.63, 3.8) is 0 Å². The van der Waals surface area contributed by atoms with E-state index in [-0.39, 0.29) is 0 Å². The molecule has 2 amide bonds. The van der Waals surface area contributed by atoms with Crippen molar-refractivity contribution in [3.05, 3.63) is 53.1 Å². The van der Waals surface area contributed by atoms with E-state index < -0.39 is 11.8 Å². The van der Waals surface area contributed by atoms with Crippen LogP contribution >= 0.6 is 11.6 Å². The molecule has 3 rings (SSSR count). The molecule has 0 radical (unpaired) electrons. The zero-order valence-corrected chi connectivity index (χ0v) is 17.3. The van der Waals surface area contributed by atoms with Crippen LogP contribution in [0, 0.1) is 0 Å². The molecule has 0 saturated carbocycles. The van der Waals surface area contributed by atoms with Crippen molar-refractivity contribution in [2.24, 2.45) is 0 Å². The second-order valence-electron chi connectivity index (χ2n) is 7.02. The first-order valence-corrected chi connectivity index (χ1v) is 10.2. The number of halogens is 1. The van der Waals surface area contributed by atoms with E-state index >= 15 is 0 Å². The minimum absolute atomic E-state index is 0.360. The Morgan fingerprint density at radius 2 is 1.76 bits per heavy atom. The molecule has 1 aliphatic heterocycles. The third kappa shape index (κ3) is 5.87. The summed E-state index contributed by atoms with van der Waals surface area (Å²) in [7, 11) is 1.51. The van der Waals surface area contributed by atoms with Crippen molar-refractivity contribution in [2.45, 2.75) is 25.7 Å². The van der Waals surface area contributed by atoms with Crippen LogP contribution < -0.4 is 20.3 Å². The first kappa shape index (κ1) is 21.0. The summed E-state index contributed by atoms with van der Waals surface area (Å²) in [6, 6.07) is 13.2. The molecule has 1 fully saturated rings. The molecule has 0 spiro atoms. The zero-order valence-electron chi connectivity index (χ0n) is 16.5. The maximum absolute atomic E-state index is 12.0. The predicted molar refractivity (Wildman–Crippen MR) is 116 cm³/mol. The van der Waals surface area contributed by atoms with Gasteiger partial charge >= 0.3 is 11.8 Å². The molecule has 2 N–H and O–H groups in total. The summed E-state index contributed by atoms with van der Waals surface area (Å²) < 4.78 is 5.06. The number of amides is 2. The Bertz CT molecular complexity index is 849. The van der Waals surface area contributed by atoms with Crippen LogP contribution in [0.4, 0.5) is 11.4 Å². The largest absolute Gasteiger partial charge is 0.495 e. The molecular weight excluding hydrogens is 390 g/mol. The Kier molecular flexibility index (Phi) is 7.36. The van der Waals surface area contributed by atoms with Gasteiger partial charge in [0.25, 0.3) is 0 Å². The number of nitrogens with one attached hydrogen (secondary N) is 2. The van der Waals surface area contributed by atoms with E-state index in [2.05, 4.69) is 39.8 Å². The van der Waals surface area contributed by atoms with Gasteiger partial charge in [0.1, 0.15) is 5.75 Å². The van der Waals surface area contributed by atoms with Crippen LogP contribution in [0.1, 0.15) is 24.8 Å². The summed E-state index contributed by atoms with van der Waals surface area (Å²) in [4.78, 5) is 26.5. The molecule has 1 heterocycles. The quantitative estimate of drug-likeness (QED) is 0.707. The lowest BCUT2D eigenvalue weighted by Gasteiger charge is -2.28. The first-order chi connectivity index (χ1) is 14.1. The zero-order chi connectivity index (χ0) is 20.6. The first-order valence-electron chi connectivity index (χ1n) is 9.83. The van der Waals surface area contributed by atoms with Crippen molar-refractivity contribution < 1.29 is 14.3 Å². The summed E-state index contributed by atoms with van der Waals surface area (Å²) in [6.07, 6.45) is 4.47. The summed E-state index contributed by atoms with van der Waals surface area (Å²) in [5, 5.41) is 5.54. The van der Waals surface area contributed by atoms with Crippen molar-refractivity contribution in [2.75, 3.05) is 37.0 Å². The minimum atomic E-state index is -0.730. The van der Waals surface area contributed by atoms with Crippen LogP contribution in [0.15, 0.2) is 42.5 Å². The molecule has 0 aromatic heterocycles. The van der Waals surface area contributed by atoms with Crippen molar-refractivity contribution in [1.82, 2.24) is 5.32 Å². The SMILES string of the molecule is COc1ccc(NC(=O)C(=O)NCCc2ccc(N3CCCCC3)cc2)cc1Cl. The number of hydrogen-bond acceptors (Lipinski definition) is 4. The number of benzene rings is 2. The maximum Gasteiger partial charge on any atom is 0.313 e. The smallest absolute Gasteiger partial charge is 0.313 e. The van der Waals surface area contributed by atoms with Gasteiger partial charge < -0.3 is 20.3 Å². The number of methoxy groups -OCH3 is 1. The monoisotopic (exact) mass is 415 g/mol. The predicted octanol–water partition coefficient (Wildman–Crippen LogP) is 3.64. The summed E-state index contributed by atoms with van der Waals surface area (Å²) in [6.45, 7) is 2.62. The van der Waals surface area contributed by atoms with Gasteiger partial charge in [0.2, 0.25) is 0 Å². The fourth-order valence-electron chi connectivity index (χ4n) is 3.36. The van der Waals surface area contributed by atoms with Crippen LogP contribution in [-0.4, -0.2) is 38.6 Å². The molecule has 0 unspecified atom stereocenters. The summed E-state index contributed by atoms with van der Waals surface area (Å²) in [5.41, 5.74) is 2.80. The highest BCUT2D eigenvalue weighted by atomic mass is 35.5. The Morgan fingerprint density at radius 1 is 1.03 bits per heavy atom.